The van der Waals surface area contributed by atoms with Crippen molar-refractivity contribution in [2.45, 2.75) is 11.8 Å². The summed E-state index contributed by atoms with van der Waals surface area (Å²) in [7, 11) is -3.84. The van der Waals surface area contributed by atoms with Gasteiger partial charge in [-0.2, -0.15) is 0 Å². The van der Waals surface area contributed by atoms with Gasteiger partial charge in [-0.3, -0.25) is 5.10 Å². The van der Waals surface area contributed by atoms with Crippen LogP contribution in [0.5, 0.6) is 0 Å². The molecule has 118 valence electrons. The molecule has 3 rings (SSSR count). The summed E-state index contributed by atoms with van der Waals surface area (Å²) in [5, 5.41) is 4.31. The second kappa shape index (κ2) is 7.81. The molecule has 24 heavy (non-hydrogen) atoms. The third kappa shape index (κ3) is 4.27. The summed E-state index contributed by atoms with van der Waals surface area (Å²) in [6.45, 7) is 1.79. The smallest absolute Gasteiger partial charge is 0.399 e. The van der Waals surface area contributed by atoms with Gasteiger partial charge in [0.25, 0.3) is 0 Å². The van der Waals surface area contributed by atoms with E-state index in [0.717, 1.165) is 5.69 Å². The second-order valence-electron chi connectivity index (χ2n) is 5.03. The molecule has 8 heteroatoms. The first-order valence-corrected chi connectivity index (χ1v) is 8.35. The number of anilines is 1. The van der Waals surface area contributed by atoms with Crippen molar-refractivity contribution in [1.82, 2.24) is 9.78 Å². The summed E-state index contributed by atoms with van der Waals surface area (Å²) < 4.78 is 30.3. The van der Waals surface area contributed by atoms with E-state index < -0.39 is 10.0 Å². The molecule has 0 atom stereocenters. The molecule has 0 aliphatic rings. The van der Waals surface area contributed by atoms with E-state index >= 15 is 0 Å². The molecular formula is C16H15KN4O2S. The SMILES string of the molecule is Cc1cc([N-]S(=O)(=O)c2ccc(N)cc2)n(-c2ccccc2)n1.[K+]. The minimum atomic E-state index is -3.84. The third-order valence-corrected chi connectivity index (χ3v) is 4.50. The van der Waals surface area contributed by atoms with Crippen molar-refractivity contribution in [3.05, 3.63) is 71.1 Å². The van der Waals surface area contributed by atoms with Crippen LogP contribution >= 0.6 is 0 Å². The Morgan fingerprint density at radius 3 is 2.29 bits per heavy atom. The number of sulfonamides is 1. The summed E-state index contributed by atoms with van der Waals surface area (Å²) in [6, 6.07) is 16.8. The summed E-state index contributed by atoms with van der Waals surface area (Å²) in [6.07, 6.45) is 0. The van der Waals surface area contributed by atoms with E-state index in [4.69, 9.17) is 5.73 Å². The minimum Gasteiger partial charge on any atom is -0.399 e. The number of nitrogens with two attached hydrogens (primary N) is 1. The molecule has 6 nitrogen and oxygen atoms in total. The van der Waals surface area contributed by atoms with Crippen molar-refractivity contribution in [3.63, 3.8) is 0 Å². The van der Waals surface area contributed by atoms with Gasteiger partial charge in [-0.15, -0.1) is 0 Å². The predicted octanol–water partition coefficient (Wildman–Crippen LogP) is 0.161. The van der Waals surface area contributed by atoms with E-state index in [0.29, 0.717) is 11.4 Å². The van der Waals surface area contributed by atoms with Gasteiger partial charge in [-0.25, -0.2) is 8.42 Å². The van der Waals surface area contributed by atoms with Crippen molar-refractivity contribution in [2.75, 3.05) is 5.73 Å². The van der Waals surface area contributed by atoms with Crippen LogP contribution in [0.15, 0.2) is 65.6 Å². The molecule has 0 saturated heterocycles. The van der Waals surface area contributed by atoms with Crippen molar-refractivity contribution in [3.8, 4) is 5.69 Å². The molecule has 2 N–H and O–H groups in total. The fourth-order valence-corrected chi connectivity index (χ4v) is 3.09. The number of nitrogens with zero attached hydrogens (tertiary/aromatic N) is 3. The van der Waals surface area contributed by atoms with Crippen LogP contribution in [0.25, 0.3) is 10.4 Å². The molecule has 0 spiro atoms. The Hall–Kier alpha value is -1.16. The van der Waals surface area contributed by atoms with Gasteiger partial charge in [-0.1, -0.05) is 30.3 Å². The molecule has 1 heterocycles. The Balaban J connectivity index is 0.00000208. The number of hydrogen-bond donors (Lipinski definition) is 1. The molecule has 0 bridgehead atoms. The first-order valence-electron chi connectivity index (χ1n) is 6.91. The van der Waals surface area contributed by atoms with Crippen LogP contribution in [0, 0.1) is 6.92 Å². The van der Waals surface area contributed by atoms with Crippen molar-refractivity contribution < 1.29 is 59.8 Å². The molecule has 0 saturated carbocycles. The van der Waals surface area contributed by atoms with Gasteiger partial charge in [0.05, 0.1) is 4.90 Å². The fourth-order valence-electron chi connectivity index (χ4n) is 2.13. The van der Waals surface area contributed by atoms with Crippen LogP contribution in [0.1, 0.15) is 5.69 Å². The zero-order valence-corrected chi connectivity index (χ0v) is 17.4. The quantitative estimate of drug-likeness (QED) is 0.526. The molecular weight excluding hydrogens is 351 g/mol. The van der Waals surface area contributed by atoms with Crippen molar-refractivity contribution >= 4 is 21.5 Å². The molecule has 0 fully saturated rings. The Bertz CT molecular complexity index is 922. The Labute approximate surface area is 183 Å². The van der Waals surface area contributed by atoms with Gasteiger partial charge in [-0.05, 0) is 48.8 Å². The first kappa shape index (κ1) is 19.2. The maximum Gasteiger partial charge on any atom is 1.00 e. The number of benzene rings is 2. The van der Waals surface area contributed by atoms with Crippen LogP contribution in [-0.4, -0.2) is 18.2 Å². The van der Waals surface area contributed by atoms with E-state index in [1.165, 1.54) is 28.9 Å². The molecule has 0 unspecified atom stereocenters. The number of para-hydroxylation sites is 1. The van der Waals surface area contributed by atoms with Gasteiger partial charge in [0.15, 0.2) is 0 Å². The van der Waals surface area contributed by atoms with Crippen LogP contribution in [0.4, 0.5) is 11.5 Å². The number of nitrogen functional groups attached to an aromatic ring is 1. The van der Waals surface area contributed by atoms with E-state index in [2.05, 4.69) is 9.82 Å². The maximum atomic E-state index is 12.5. The standard InChI is InChI=1S/C16H15N4O2S.K/c1-12-11-16(20(18-12)14-5-3-2-4-6-14)19-23(21,22)15-9-7-13(17)8-10-15;/h2-11H,17H2,1H3;/q-1;+1. The van der Waals surface area contributed by atoms with Gasteiger partial charge >= 0.3 is 51.4 Å². The molecule has 3 aromatic rings. The summed E-state index contributed by atoms with van der Waals surface area (Å²) in [5.41, 5.74) is 7.50. The van der Waals surface area contributed by atoms with Gasteiger partial charge < -0.3 is 15.1 Å². The Morgan fingerprint density at radius 1 is 1.04 bits per heavy atom. The zero-order chi connectivity index (χ0) is 16.4. The number of aromatic nitrogens is 2. The second-order valence-corrected chi connectivity index (χ2v) is 6.63. The average Bonchev–Trinajstić information content (AvgIpc) is 2.88. The molecule has 0 amide bonds. The maximum absolute atomic E-state index is 12.5. The van der Waals surface area contributed by atoms with E-state index in [-0.39, 0.29) is 62.1 Å². The van der Waals surface area contributed by atoms with Gasteiger partial charge in [0, 0.05) is 11.4 Å². The van der Waals surface area contributed by atoms with Crippen LogP contribution < -0.4 is 57.1 Å². The molecule has 0 aliphatic heterocycles. The van der Waals surface area contributed by atoms with E-state index in [1.807, 2.05) is 30.3 Å². The van der Waals surface area contributed by atoms with Crippen molar-refractivity contribution in [1.29, 1.82) is 0 Å². The van der Waals surface area contributed by atoms with E-state index in [1.54, 1.807) is 13.0 Å². The van der Waals surface area contributed by atoms with Gasteiger partial charge in [0.2, 0.25) is 10.0 Å². The third-order valence-electron chi connectivity index (χ3n) is 3.21. The van der Waals surface area contributed by atoms with Crippen LogP contribution in [0.2, 0.25) is 0 Å². The summed E-state index contributed by atoms with van der Waals surface area (Å²) in [5.74, 6) is 0.255. The number of aryl methyl sites for hydroxylation is 1. The zero-order valence-electron chi connectivity index (χ0n) is 13.4. The topological polar surface area (TPSA) is 92.1 Å². The Morgan fingerprint density at radius 2 is 1.67 bits per heavy atom. The van der Waals surface area contributed by atoms with E-state index in [9.17, 15) is 8.42 Å². The number of rotatable bonds is 4. The van der Waals surface area contributed by atoms with Crippen molar-refractivity contribution in [2.24, 2.45) is 0 Å². The largest absolute Gasteiger partial charge is 1.00 e. The summed E-state index contributed by atoms with van der Waals surface area (Å²) in [4.78, 5) is 0.0881. The fraction of sp³-hybridized carbons (Fsp3) is 0.0625. The van der Waals surface area contributed by atoms with Gasteiger partial charge in [0.1, 0.15) is 0 Å². The number of hydrogen-bond acceptors (Lipinski definition) is 4. The Kier molecular flexibility index (Phi) is 6.24. The summed E-state index contributed by atoms with van der Waals surface area (Å²) >= 11 is 0. The monoisotopic (exact) mass is 366 g/mol. The first-order chi connectivity index (χ1) is 11.0. The molecule has 1 aromatic heterocycles. The predicted molar refractivity (Wildman–Crippen MR) is 89.4 cm³/mol. The minimum absolute atomic E-state index is 0. The molecule has 0 aliphatic carbocycles. The van der Waals surface area contributed by atoms with Crippen LogP contribution in [0.3, 0.4) is 0 Å². The average molecular weight is 366 g/mol. The molecule has 2 aromatic carbocycles. The molecule has 0 radical (unpaired) electrons. The van der Waals surface area contributed by atoms with Crippen LogP contribution in [-0.2, 0) is 10.0 Å². The normalized spacial score (nSPS) is 10.9.